The number of amides is 1. The van der Waals surface area contributed by atoms with Crippen LogP contribution in [0, 0.1) is 0 Å². The van der Waals surface area contributed by atoms with Gasteiger partial charge in [-0.25, -0.2) is 0 Å². The molecule has 0 radical (unpaired) electrons. The second-order valence-electron chi connectivity index (χ2n) is 4.75. The van der Waals surface area contributed by atoms with Crippen molar-refractivity contribution in [1.29, 1.82) is 0 Å². The molecule has 1 aliphatic carbocycles. The summed E-state index contributed by atoms with van der Waals surface area (Å²) in [6.07, 6.45) is 6.10. The van der Waals surface area contributed by atoms with Crippen LogP contribution in [0.2, 0.25) is 0 Å². The lowest BCUT2D eigenvalue weighted by Crippen LogP contribution is -2.50. The topological polar surface area (TPSA) is 53.2 Å². The Hall–Kier alpha value is -1.62. The molecule has 3 N–H and O–H groups in total. The van der Waals surface area contributed by atoms with Crippen LogP contribution in [0.25, 0.3) is 0 Å². The van der Waals surface area contributed by atoms with Gasteiger partial charge in [-0.3, -0.25) is 15.6 Å². The molecule has 0 unspecified atom stereocenters. The van der Waals surface area contributed by atoms with Gasteiger partial charge < -0.3 is 5.32 Å². The molecule has 0 aromatic heterocycles. The van der Waals surface area contributed by atoms with E-state index in [4.69, 9.17) is 12.2 Å². The monoisotopic (exact) mass is 277 g/mol. The summed E-state index contributed by atoms with van der Waals surface area (Å²) in [6.45, 7) is 0. The molecule has 0 aliphatic heterocycles. The minimum atomic E-state index is -0.187. The maximum atomic E-state index is 11.8. The molecule has 0 heterocycles. The second-order valence-corrected chi connectivity index (χ2v) is 5.16. The van der Waals surface area contributed by atoms with Crippen LogP contribution >= 0.6 is 12.2 Å². The minimum Gasteiger partial charge on any atom is -0.359 e. The summed E-state index contributed by atoms with van der Waals surface area (Å²) in [5.74, 6) is -0.187. The van der Waals surface area contributed by atoms with E-state index in [1.54, 1.807) is 12.1 Å². The van der Waals surface area contributed by atoms with Gasteiger partial charge in [-0.05, 0) is 37.2 Å². The Morgan fingerprint density at radius 3 is 2.42 bits per heavy atom. The zero-order valence-corrected chi connectivity index (χ0v) is 11.6. The van der Waals surface area contributed by atoms with Crippen molar-refractivity contribution in [1.82, 2.24) is 16.2 Å². The number of nitrogens with one attached hydrogen (secondary N) is 3. The van der Waals surface area contributed by atoms with E-state index in [9.17, 15) is 4.79 Å². The van der Waals surface area contributed by atoms with E-state index >= 15 is 0 Å². The molecule has 1 saturated carbocycles. The third kappa shape index (κ3) is 4.52. The van der Waals surface area contributed by atoms with Crippen molar-refractivity contribution in [3.8, 4) is 0 Å². The van der Waals surface area contributed by atoms with Gasteiger partial charge in [0.25, 0.3) is 5.91 Å². The molecular formula is C14H19N3OS. The van der Waals surface area contributed by atoms with Gasteiger partial charge in [0.1, 0.15) is 0 Å². The first-order chi connectivity index (χ1) is 9.25. The first-order valence-electron chi connectivity index (χ1n) is 6.67. The van der Waals surface area contributed by atoms with Crippen molar-refractivity contribution in [3.63, 3.8) is 0 Å². The number of carbonyl (C=O) groups is 1. The lowest BCUT2D eigenvalue weighted by atomic mass is 9.96. The highest BCUT2D eigenvalue weighted by atomic mass is 32.1. The van der Waals surface area contributed by atoms with Crippen LogP contribution in [0.5, 0.6) is 0 Å². The molecular weight excluding hydrogens is 258 g/mol. The van der Waals surface area contributed by atoms with E-state index in [2.05, 4.69) is 16.2 Å². The summed E-state index contributed by atoms with van der Waals surface area (Å²) >= 11 is 5.17. The number of hydrazine groups is 1. The molecule has 19 heavy (non-hydrogen) atoms. The second kappa shape index (κ2) is 7.09. The van der Waals surface area contributed by atoms with Crippen molar-refractivity contribution >= 4 is 23.2 Å². The van der Waals surface area contributed by atoms with E-state index in [-0.39, 0.29) is 5.91 Å². The molecule has 1 aromatic carbocycles. The first-order valence-corrected chi connectivity index (χ1v) is 7.08. The van der Waals surface area contributed by atoms with Gasteiger partial charge in [0.15, 0.2) is 5.11 Å². The van der Waals surface area contributed by atoms with Crippen LogP contribution in [-0.2, 0) is 0 Å². The van der Waals surface area contributed by atoms with Crippen LogP contribution in [0.3, 0.4) is 0 Å². The van der Waals surface area contributed by atoms with Gasteiger partial charge in [-0.15, -0.1) is 0 Å². The molecule has 0 bridgehead atoms. The Labute approximate surface area is 118 Å². The standard InChI is InChI=1S/C14H19N3OS/c18-13(11-7-3-1-4-8-11)16-17-14(19)15-12-9-5-2-6-10-12/h1,3-4,7-8,12H,2,5-6,9-10H2,(H,16,18)(H2,15,17,19). The van der Waals surface area contributed by atoms with E-state index in [0.29, 0.717) is 16.7 Å². The molecule has 102 valence electrons. The molecule has 4 nitrogen and oxygen atoms in total. The van der Waals surface area contributed by atoms with Crippen LogP contribution < -0.4 is 16.2 Å². The Bertz CT molecular complexity index is 430. The largest absolute Gasteiger partial charge is 0.359 e. The Kier molecular flexibility index (Phi) is 5.15. The number of hydrogen-bond donors (Lipinski definition) is 3. The molecule has 5 heteroatoms. The van der Waals surface area contributed by atoms with Crippen LogP contribution in [-0.4, -0.2) is 17.1 Å². The number of hydrogen-bond acceptors (Lipinski definition) is 2. The van der Waals surface area contributed by atoms with E-state index in [0.717, 1.165) is 12.8 Å². The summed E-state index contributed by atoms with van der Waals surface area (Å²) in [4.78, 5) is 11.8. The first kappa shape index (κ1) is 13.8. The van der Waals surface area contributed by atoms with E-state index in [1.165, 1.54) is 19.3 Å². The van der Waals surface area contributed by atoms with Gasteiger partial charge in [0, 0.05) is 11.6 Å². The van der Waals surface area contributed by atoms with E-state index < -0.39 is 0 Å². The van der Waals surface area contributed by atoms with Crippen molar-refractivity contribution in [2.24, 2.45) is 0 Å². The normalized spacial score (nSPS) is 15.6. The summed E-state index contributed by atoms with van der Waals surface area (Å²) < 4.78 is 0. The smallest absolute Gasteiger partial charge is 0.269 e. The van der Waals surface area contributed by atoms with Crippen LogP contribution in [0.4, 0.5) is 0 Å². The predicted octanol–water partition coefficient (Wildman–Crippen LogP) is 2.13. The molecule has 1 aliphatic rings. The van der Waals surface area contributed by atoms with Crippen molar-refractivity contribution in [2.75, 3.05) is 0 Å². The average molecular weight is 277 g/mol. The van der Waals surface area contributed by atoms with Crippen LogP contribution in [0.1, 0.15) is 42.5 Å². The third-order valence-corrected chi connectivity index (χ3v) is 3.49. The van der Waals surface area contributed by atoms with Gasteiger partial charge in [0.05, 0.1) is 0 Å². The Morgan fingerprint density at radius 1 is 1.05 bits per heavy atom. The molecule has 1 fully saturated rings. The number of rotatable bonds is 2. The van der Waals surface area contributed by atoms with Crippen LogP contribution in [0.15, 0.2) is 30.3 Å². The quantitative estimate of drug-likeness (QED) is 0.572. The molecule has 0 saturated heterocycles. The van der Waals surface area contributed by atoms with E-state index in [1.807, 2.05) is 18.2 Å². The maximum absolute atomic E-state index is 11.8. The van der Waals surface area contributed by atoms with Crippen molar-refractivity contribution in [2.45, 2.75) is 38.1 Å². The predicted molar refractivity (Wildman–Crippen MR) is 79.7 cm³/mol. The molecule has 1 aromatic rings. The fourth-order valence-corrected chi connectivity index (χ4v) is 2.46. The maximum Gasteiger partial charge on any atom is 0.269 e. The lowest BCUT2D eigenvalue weighted by Gasteiger charge is -2.24. The summed E-state index contributed by atoms with van der Waals surface area (Å²) in [5.41, 5.74) is 5.95. The number of thiocarbonyl (C=S) groups is 1. The molecule has 0 spiro atoms. The SMILES string of the molecule is O=C(NNC(=S)NC1CCCCC1)c1ccccc1. The summed E-state index contributed by atoms with van der Waals surface area (Å²) in [7, 11) is 0. The fraction of sp³-hybridized carbons (Fsp3) is 0.429. The van der Waals surface area contributed by atoms with Gasteiger partial charge in [-0.2, -0.15) is 0 Å². The fourth-order valence-electron chi connectivity index (χ4n) is 2.24. The molecule has 0 atom stereocenters. The van der Waals surface area contributed by atoms with Gasteiger partial charge >= 0.3 is 0 Å². The highest BCUT2D eigenvalue weighted by Gasteiger charge is 2.14. The van der Waals surface area contributed by atoms with Gasteiger partial charge in [-0.1, -0.05) is 37.5 Å². The number of carbonyl (C=O) groups excluding carboxylic acids is 1. The molecule has 2 rings (SSSR count). The number of benzene rings is 1. The lowest BCUT2D eigenvalue weighted by molar-refractivity contribution is 0.0943. The summed E-state index contributed by atoms with van der Waals surface area (Å²) in [5, 5.41) is 3.71. The zero-order chi connectivity index (χ0) is 13.5. The summed E-state index contributed by atoms with van der Waals surface area (Å²) in [6, 6.07) is 9.48. The van der Waals surface area contributed by atoms with Gasteiger partial charge in [0.2, 0.25) is 0 Å². The highest BCUT2D eigenvalue weighted by molar-refractivity contribution is 7.80. The Balaban J connectivity index is 1.72. The molecule has 1 amide bonds. The van der Waals surface area contributed by atoms with Crippen molar-refractivity contribution < 1.29 is 4.79 Å². The zero-order valence-electron chi connectivity index (χ0n) is 10.8. The van der Waals surface area contributed by atoms with Crippen molar-refractivity contribution in [3.05, 3.63) is 35.9 Å². The minimum absolute atomic E-state index is 0.187. The average Bonchev–Trinajstić information content (AvgIpc) is 2.47. The Morgan fingerprint density at radius 2 is 1.74 bits per heavy atom. The third-order valence-electron chi connectivity index (χ3n) is 3.27. The highest BCUT2D eigenvalue weighted by Crippen LogP contribution is 2.17.